The van der Waals surface area contributed by atoms with E-state index in [4.69, 9.17) is 10.2 Å². The molecule has 0 saturated heterocycles. The van der Waals surface area contributed by atoms with Gasteiger partial charge >= 0.3 is 6.18 Å². The summed E-state index contributed by atoms with van der Waals surface area (Å²) in [5, 5.41) is 20.1. The van der Waals surface area contributed by atoms with Crippen molar-refractivity contribution in [3.8, 4) is 0 Å². The third kappa shape index (κ3) is 4.18. The first kappa shape index (κ1) is 14.3. The van der Waals surface area contributed by atoms with Gasteiger partial charge in [0.1, 0.15) is 0 Å². The van der Waals surface area contributed by atoms with Crippen LogP contribution in [0.2, 0.25) is 0 Å². The van der Waals surface area contributed by atoms with E-state index in [1.165, 1.54) is 12.1 Å². The van der Waals surface area contributed by atoms with Gasteiger partial charge in [0.2, 0.25) is 0 Å². The molecule has 1 unspecified atom stereocenters. The molecular formula is C10H11BrF3NO2. The van der Waals surface area contributed by atoms with Crippen LogP contribution >= 0.6 is 15.9 Å². The molecule has 1 aromatic carbocycles. The molecule has 17 heavy (non-hydrogen) atoms. The van der Waals surface area contributed by atoms with Crippen molar-refractivity contribution >= 4 is 21.6 Å². The SMILES string of the molecule is OCC(O)CNc1cc(Br)ccc1C(F)(F)F. The highest BCUT2D eigenvalue weighted by Gasteiger charge is 2.33. The van der Waals surface area contributed by atoms with Gasteiger partial charge in [-0.3, -0.25) is 0 Å². The van der Waals surface area contributed by atoms with E-state index in [1.807, 2.05) is 0 Å². The predicted molar refractivity (Wildman–Crippen MR) is 60.7 cm³/mol. The standard InChI is InChI=1S/C10H11BrF3NO2/c11-6-1-2-8(10(12,13)14)9(3-6)15-4-7(17)5-16/h1-3,7,15-17H,4-5H2. The predicted octanol–water partition coefficient (Wildman–Crippen LogP) is 2.23. The molecule has 0 aliphatic rings. The first-order valence-electron chi connectivity index (χ1n) is 4.74. The first-order valence-corrected chi connectivity index (χ1v) is 5.53. The van der Waals surface area contributed by atoms with Gasteiger partial charge in [-0.15, -0.1) is 0 Å². The van der Waals surface area contributed by atoms with Gasteiger partial charge in [0.05, 0.1) is 18.3 Å². The number of aliphatic hydroxyl groups excluding tert-OH is 2. The fourth-order valence-electron chi connectivity index (χ4n) is 1.20. The average Bonchev–Trinajstić information content (AvgIpc) is 2.24. The topological polar surface area (TPSA) is 52.5 Å². The van der Waals surface area contributed by atoms with Crippen LogP contribution in [0.1, 0.15) is 5.56 Å². The minimum Gasteiger partial charge on any atom is -0.394 e. The molecule has 0 aromatic heterocycles. The molecule has 0 heterocycles. The van der Waals surface area contributed by atoms with E-state index >= 15 is 0 Å². The Balaban J connectivity index is 2.92. The molecule has 0 radical (unpaired) electrons. The van der Waals surface area contributed by atoms with Crippen molar-refractivity contribution in [1.82, 2.24) is 0 Å². The molecule has 1 atom stereocenters. The number of hydrogen-bond donors (Lipinski definition) is 3. The van der Waals surface area contributed by atoms with E-state index in [1.54, 1.807) is 0 Å². The molecule has 3 nitrogen and oxygen atoms in total. The number of nitrogens with one attached hydrogen (secondary N) is 1. The summed E-state index contributed by atoms with van der Waals surface area (Å²) in [7, 11) is 0. The van der Waals surface area contributed by atoms with Gasteiger partial charge in [-0.1, -0.05) is 15.9 Å². The zero-order valence-corrected chi connectivity index (χ0v) is 10.2. The van der Waals surface area contributed by atoms with E-state index < -0.39 is 24.5 Å². The van der Waals surface area contributed by atoms with Gasteiger partial charge < -0.3 is 15.5 Å². The van der Waals surface area contributed by atoms with Crippen molar-refractivity contribution in [1.29, 1.82) is 0 Å². The van der Waals surface area contributed by atoms with Crippen molar-refractivity contribution in [2.24, 2.45) is 0 Å². The number of anilines is 1. The Morgan fingerprint density at radius 3 is 2.53 bits per heavy atom. The summed E-state index contributed by atoms with van der Waals surface area (Å²) in [6.45, 7) is -0.668. The van der Waals surface area contributed by atoms with E-state index in [0.717, 1.165) is 6.07 Å². The summed E-state index contributed by atoms with van der Waals surface area (Å²) >= 11 is 3.07. The fourth-order valence-corrected chi connectivity index (χ4v) is 1.56. The van der Waals surface area contributed by atoms with Crippen LogP contribution in [0.3, 0.4) is 0 Å². The summed E-state index contributed by atoms with van der Waals surface area (Å²) < 4.78 is 38.3. The summed E-state index contributed by atoms with van der Waals surface area (Å²) in [6.07, 6.45) is -5.57. The van der Waals surface area contributed by atoms with Gasteiger partial charge in [-0.05, 0) is 18.2 Å². The minimum atomic E-state index is -4.47. The van der Waals surface area contributed by atoms with Crippen molar-refractivity contribution in [3.63, 3.8) is 0 Å². The molecule has 0 amide bonds. The van der Waals surface area contributed by atoms with Crippen LogP contribution in [0.5, 0.6) is 0 Å². The second kappa shape index (κ2) is 5.70. The molecule has 0 aliphatic carbocycles. The summed E-state index contributed by atoms with van der Waals surface area (Å²) in [4.78, 5) is 0. The summed E-state index contributed by atoms with van der Waals surface area (Å²) in [6, 6.07) is 3.50. The fraction of sp³-hybridized carbons (Fsp3) is 0.400. The maximum Gasteiger partial charge on any atom is 0.418 e. The third-order valence-corrected chi connectivity index (χ3v) is 2.52. The largest absolute Gasteiger partial charge is 0.418 e. The zero-order chi connectivity index (χ0) is 13.1. The lowest BCUT2D eigenvalue weighted by molar-refractivity contribution is -0.137. The number of aliphatic hydroxyl groups is 2. The molecule has 1 rings (SSSR count). The van der Waals surface area contributed by atoms with Crippen LogP contribution < -0.4 is 5.32 Å². The molecule has 7 heteroatoms. The lowest BCUT2D eigenvalue weighted by Crippen LogP contribution is -2.24. The first-order chi connectivity index (χ1) is 7.84. The normalized spacial score (nSPS) is 13.5. The molecular weight excluding hydrogens is 303 g/mol. The maximum atomic E-state index is 12.6. The third-order valence-electron chi connectivity index (χ3n) is 2.03. The molecule has 0 spiro atoms. The monoisotopic (exact) mass is 313 g/mol. The van der Waals surface area contributed by atoms with E-state index in [2.05, 4.69) is 21.2 Å². The van der Waals surface area contributed by atoms with E-state index in [9.17, 15) is 13.2 Å². The molecule has 0 fully saturated rings. The highest BCUT2D eigenvalue weighted by Crippen LogP contribution is 2.36. The van der Waals surface area contributed by atoms with Gasteiger partial charge in [0.25, 0.3) is 0 Å². The number of hydrogen-bond acceptors (Lipinski definition) is 3. The summed E-state index contributed by atoms with van der Waals surface area (Å²) in [5.41, 5.74) is -0.954. The van der Waals surface area contributed by atoms with Crippen molar-refractivity contribution in [3.05, 3.63) is 28.2 Å². The number of alkyl halides is 3. The molecule has 0 aliphatic heterocycles. The number of benzene rings is 1. The molecule has 3 N–H and O–H groups in total. The van der Waals surface area contributed by atoms with Gasteiger partial charge in [-0.2, -0.15) is 13.2 Å². The second-order valence-electron chi connectivity index (χ2n) is 3.40. The average molecular weight is 314 g/mol. The van der Waals surface area contributed by atoms with Crippen LogP contribution in [0, 0.1) is 0 Å². The number of rotatable bonds is 4. The van der Waals surface area contributed by atoms with Gasteiger partial charge in [-0.25, -0.2) is 0 Å². The Morgan fingerprint density at radius 1 is 1.35 bits per heavy atom. The van der Waals surface area contributed by atoms with Gasteiger partial charge in [0, 0.05) is 16.7 Å². The zero-order valence-electron chi connectivity index (χ0n) is 8.63. The van der Waals surface area contributed by atoms with Crippen molar-refractivity contribution in [2.45, 2.75) is 12.3 Å². The molecule has 0 saturated carbocycles. The Labute approximate surface area is 104 Å². The Hall–Kier alpha value is -0.790. The lowest BCUT2D eigenvalue weighted by Gasteiger charge is -2.16. The lowest BCUT2D eigenvalue weighted by atomic mass is 10.1. The van der Waals surface area contributed by atoms with E-state index in [0.29, 0.717) is 4.47 Å². The number of halogens is 4. The molecule has 96 valence electrons. The van der Waals surface area contributed by atoms with E-state index in [-0.39, 0.29) is 12.2 Å². The van der Waals surface area contributed by atoms with Crippen LogP contribution in [-0.4, -0.2) is 29.5 Å². The second-order valence-corrected chi connectivity index (χ2v) is 4.32. The quantitative estimate of drug-likeness (QED) is 0.799. The highest BCUT2D eigenvalue weighted by atomic mass is 79.9. The minimum absolute atomic E-state index is 0.139. The smallest absolute Gasteiger partial charge is 0.394 e. The van der Waals surface area contributed by atoms with Crippen molar-refractivity contribution in [2.75, 3.05) is 18.5 Å². The molecule has 1 aromatic rings. The van der Waals surface area contributed by atoms with Crippen LogP contribution in [0.4, 0.5) is 18.9 Å². The summed E-state index contributed by atoms with van der Waals surface area (Å²) in [5.74, 6) is 0. The maximum absolute atomic E-state index is 12.6. The van der Waals surface area contributed by atoms with Crippen LogP contribution in [-0.2, 0) is 6.18 Å². The molecule has 0 bridgehead atoms. The van der Waals surface area contributed by atoms with Crippen LogP contribution in [0.25, 0.3) is 0 Å². The Morgan fingerprint density at radius 2 is 2.00 bits per heavy atom. The Kier molecular flexibility index (Phi) is 4.79. The van der Waals surface area contributed by atoms with Crippen molar-refractivity contribution < 1.29 is 23.4 Å². The Bertz CT molecular complexity index is 384. The van der Waals surface area contributed by atoms with Gasteiger partial charge in [0.15, 0.2) is 0 Å². The van der Waals surface area contributed by atoms with Crippen LogP contribution in [0.15, 0.2) is 22.7 Å². The highest BCUT2D eigenvalue weighted by molar-refractivity contribution is 9.10.